The quantitative estimate of drug-likeness (QED) is 0.406. The minimum absolute atomic E-state index is 0.0942. The molecule has 4 rings (SSSR count). The number of nitrogens with zero attached hydrogens (tertiary/aromatic N) is 3. The number of aryl methyl sites for hydroxylation is 1. The molecule has 0 aliphatic carbocycles. The standard InChI is InChI=1S/C25H21F3N4O3/c1-13-10-17(14(2)30-19-7-5-4-6-16(19)24(34)35)21-18(11-13)23(33)32(3)22(31-21)15-8-9-20(29-12-15)25(26,27)28/h4-12,14,30H,1-3H3,(H,34,35)/t14-/m1/s1. The number of hydrogen-bond donors (Lipinski definition) is 2. The van der Waals surface area contributed by atoms with Crippen LogP contribution >= 0.6 is 0 Å². The van der Waals surface area contributed by atoms with Gasteiger partial charge >= 0.3 is 12.1 Å². The normalized spacial score (nSPS) is 12.5. The minimum Gasteiger partial charge on any atom is -0.478 e. The maximum atomic E-state index is 13.2. The van der Waals surface area contributed by atoms with Crippen molar-refractivity contribution in [2.24, 2.45) is 7.05 Å². The first kappa shape index (κ1) is 23.9. The lowest BCUT2D eigenvalue weighted by Gasteiger charge is -2.20. The van der Waals surface area contributed by atoms with Gasteiger partial charge in [-0.3, -0.25) is 14.3 Å². The fraction of sp³-hybridized carbons (Fsp3) is 0.200. The van der Waals surface area contributed by atoms with Gasteiger partial charge in [0.1, 0.15) is 11.5 Å². The molecule has 35 heavy (non-hydrogen) atoms. The Kier molecular flexibility index (Phi) is 6.06. The van der Waals surface area contributed by atoms with Crippen molar-refractivity contribution in [3.63, 3.8) is 0 Å². The van der Waals surface area contributed by atoms with Crippen molar-refractivity contribution in [3.05, 3.63) is 87.5 Å². The summed E-state index contributed by atoms with van der Waals surface area (Å²) < 4.78 is 40.1. The summed E-state index contributed by atoms with van der Waals surface area (Å²) in [6, 6.07) is 11.6. The predicted molar refractivity (Wildman–Crippen MR) is 125 cm³/mol. The van der Waals surface area contributed by atoms with E-state index in [2.05, 4.69) is 15.3 Å². The van der Waals surface area contributed by atoms with E-state index in [1.165, 1.54) is 23.7 Å². The summed E-state index contributed by atoms with van der Waals surface area (Å²) in [4.78, 5) is 32.9. The minimum atomic E-state index is -4.58. The Balaban J connectivity index is 1.86. The van der Waals surface area contributed by atoms with Crippen LogP contribution in [0.2, 0.25) is 0 Å². The molecule has 0 spiro atoms. The smallest absolute Gasteiger partial charge is 0.433 e. The van der Waals surface area contributed by atoms with Crippen molar-refractivity contribution in [1.29, 1.82) is 0 Å². The van der Waals surface area contributed by atoms with Gasteiger partial charge in [-0.2, -0.15) is 13.2 Å². The molecule has 4 aromatic rings. The zero-order valence-electron chi connectivity index (χ0n) is 19.0. The number of hydrogen-bond acceptors (Lipinski definition) is 5. The average Bonchev–Trinajstić information content (AvgIpc) is 2.81. The molecule has 7 nitrogen and oxygen atoms in total. The molecule has 0 amide bonds. The van der Waals surface area contributed by atoms with Crippen LogP contribution in [0.4, 0.5) is 18.9 Å². The highest BCUT2D eigenvalue weighted by Crippen LogP contribution is 2.31. The van der Waals surface area contributed by atoms with Crippen LogP contribution in [0.25, 0.3) is 22.3 Å². The van der Waals surface area contributed by atoms with E-state index in [1.54, 1.807) is 24.3 Å². The number of halogens is 3. The molecule has 0 saturated heterocycles. The Morgan fingerprint density at radius 1 is 1.14 bits per heavy atom. The second-order valence-corrected chi connectivity index (χ2v) is 8.20. The summed E-state index contributed by atoms with van der Waals surface area (Å²) in [6.45, 7) is 3.64. The van der Waals surface area contributed by atoms with Crippen molar-refractivity contribution in [3.8, 4) is 11.4 Å². The van der Waals surface area contributed by atoms with Gasteiger partial charge in [0.15, 0.2) is 0 Å². The number of benzene rings is 2. The summed E-state index contributed by atoms with van der Waals surface area (Å²) >= 11 is 0. The second-order valence-electron chi connectivity index (χ2n) is 8.20. The third-order valence-corrected chi connectivity index (χ3v) is 5.66. The Labute approximate surface area is 197 Å². The average molecular weight is 482 g/mol. The summed E-state index contributed by atoms with van der Waals surface area (Å²) in [5.41, 5.74) is 1.14. The van der Waals surface area contributed by atoms with Crippen LogP contribution in [-0.2, 0) is 13.2 Å². The van der Waals surface area contributed by atoms with Crippen LogP contribution in [0.5, 0.6) is 0 Å². The maximum Gasteiger partial charge on any atom is 0.433 e. The lowest BCUT2D eigenvalue weighted by molar-refractivity contribution is -0.141. The highest BCUT2D eigenvalue weighted by atomic mass is 19.4. The molecular formula is C25H21F3N4O3. The number of nitrogens with one attached hydrogen (secondary N) is 1. The number of fused-ring (bicyclic) bond motifs is 1. The van der Waals surface area contributed by atoms with Crippen LogP contribution in [0, 0.1) is 6.92 Å². The maximum absolute atomic E-state index is 13.2. The first-order valence-corrected chi connectivity index (χ1v) is 10.6. The van der Waals surface area contributed by atoms with Gasteiger partial charge in [0.25, 0.3) is 5.56 Å². The van der Waals surface area contributed by atoms with Gasteiger partial charge in [-0.1, -0.05) is 18.2 Å². The van der Waals surface area contributed by atoms with Crippen LogP contribution < -0.4 is 10.9 Å². The Morgan fingerprint density at radius 2 is 1.86 bits per heavy atom. The van der Waals surface area contributed by atoms with Gasteiger partial charge in [-0.05, 0) is 49.7 Å². The summed E-state index contributed by atoms with van der Waals surface area (Å²) in [5, 5.41) is 13.0. The summed E-state index contributed by atoms with van der Waals surface area (Å²) in [7, 11) is 1.49. The van der Waals surface area contributed by atoms with E-state index >= 15 is 0 Å². The van der Waals surface area contributed by atoms with Gasteiger partial charge in [0.2, 0.25) is 0 Å². The molecule has 0 fully saturated rings. The Morgan fingerprint density at radius 3 is 2.49 bits per heavy atom. The third-order valence-electron chi connectivity index (χ3n) is 5.66. The molecule has 1 atom stereocenters. The molecule has 0 aliphatic rings. The SMILES string of the molecule is Cc1cc([C@@H](C)Nc2ccccc2C(=O)O)c2nc(-c3ccc(C(F)(F)F)nc3)n(C)c(=O)c2c1. The van der Waals surface area contributed by atoms with Gasteiger partial charge in [0.05, 0.1) is 22.5 Å². The zero-order valence-corrected chi connectivity index (χ0v) is 19.0. The highest BCUT2D eigenvalue weighted by Gasteiger charge is 2.32. The number of anilines is 1. The first-order chi connectivity index (χ1) is 16.5. The molecule has 180 valence electrons. The van der Waals surface area contributed by atoms with E-state index in [1.807, 2.05) is 19.9 Å². The van der Waals surface area contributed by atoms with Gasteiger partial charge in [-0.15, -0.1) is 0 Å². The lowest BCUT2D eigenvalue weighted by Crippen LogP contribution is -2.22. The van der Waals surface area contributed by atoms with E-state index < -0.39 is 23.9 Å². The molecule has 0 bridgehead atoms. The number of carboxylic acid groups (broad SMARTS) is 1. The van der Waals surface area contributed by atoms with Crippen LogP contribution in [0.15, 0.2) is 59.5 Å². The predicted octanol–water partition coefficient (Wildman–Crippen LogP) is 5.19. The van der Waals surface area contributed by atoms with Crippen LogP contribution in [-0.4, -0.2) is 25.6 Å². The molecule has 0 radical (unpaired) electrons. The number of pyridine rings is 1. The van der Waals surface area contributed by atoms with E-state index in [0.29, 0.717) is 22.2 Å². The van der Waals surface area contributed by atoms with Crippen molar-refractivity contribution < 1.29 is 23.1 Å². The fourth-order valence-electron chi connectivity index (χ4n) is 3.94. The molecule has 2 heterocycles. The largest absolute Gasteiger partial charge is 0.478 e. The summed E-state index contributed by atoms with van der Waals surface area (Å²) in [5.74, 6) is -0.926. The highest BCUT2D eigenvalue weighted by molar-refractivity contribution is 5.94. The van der Waals surface area contributed by atoms with Crippen molar-refractivity contribution in [2.45, 2.75) is 26.1 Å². The third kappa shape index (κ3) is 4.59. The van der Waals surface area contributed by atoms with E-state index in [9.17, 15) is 27.9 Å². The molecule has 10 heteroatoms. The number of aromatic nitrogens is 3. The molecule has 2 aromatic heterocycles. The Bertz CT molecular complexity index is 1500. The monoisotopic (exact) mass is 482 g/mol. The zero-order chi connectivity index (χ0) is 25.5. The number of rotatable bonds is 5. The van der Waals surface area contributed by atoms with E-state index in [-0.39, 0.29) is 22.5 Å². The van der Waals surface area contributed by atoms with E-state index in [0.717, 1.165) is 17.8 Å². The molecular weight excluding hydrogens is 461 g/mol. The molecule has 2 N–H and O–H groups in total. The lowest BCUT2D eigenvalue weighted by atomic mass is 10.00. The topological polar surface area (TPSA) is 97.1 Å². The van der Waals surface area contributed by atoms with Gasteiger partial charge in [-0.25, -0.2) is 9.78 Å². The van der Waals surface area contributed by atoms with Crippen molar-refractivity contribution in [1.82, 2.24) is 14.5 Å². The number of alkyl halides is 3. The fourth-order valence-corrected chi connectivity index (χ4v) is 3.94. The van der Waals surface area contributed by atoms with Crippen molar-refractivity contribution in [2.75, 3.05) is 5.32 Å². The first-order valence-electron chi connectivity index (χ1n) is 10.6. The Hall–Kier alpha value is -4.21. The number of carbonyl (C=O) groups is 1. The molecule has 0 saturated carbocycles. The number of para-hydroxylation sites is 1. The van der Waals surface area contributed by atoms with Gasteiger partial charge in [0, 0.05) is 30.1 Å². The number of carboxylic acids is 1. The molecule has 0 aliphatic heterocycles. The van der Waals surface area contributed by atoms with Crippen LogP contribution in [0.3, 0.4) is 0 Å². The molecule has 0 unspecified atom stereocenters. The van der Waals surface area contributed by atoms with Gasteiger partial charge < -0.3 is 10.4 Å². The van der Waals surface area contributed by atoms with Crippen LogP contribution in [0.1, 0.15) is 40.1 Å². The second kappa shape index (κ2) is 8.86. The summed E-state index contributed by atoms with van der Waals surface area (Å²) in [6.07, 6.45) is -3.55. The number of aromatic carboxylic acids is 1. The van der Waals surface area contributed by atoms with E-state index in [4.69, 9.17) is 0 Å². The molecule has 2 aromatic carbocycles. The van der Waals surface area contributed by atoms with Crippen molar-refractivity contribution >= 4 is 22.6 Å².